The molecule has 4 heteroatoms. The van der Waals surface area contributed by atoms with Crippen LogP contribution in [0.4, 0.5) is 0 Å². The molecular formula is C14H16O4. The van der Waals surface area contributed by atoms with Crippen molar-refractivity contribution >= 4 is 11.8 Å². The minimum Gasteiger partial charge on any atom is -0.465 e. The lowest BCUT2D eigenvalue weighted by molar-refractivity contribution is -0.163. The highest BCUT2D eigenvalue weighted by molar-refractivity contribution is 6.13. The second kappa shape index (κ2) is 4.90. The van der Waals surface area contributed by atoms with Crippen LogP contribution in [0.5, 0.6) is 0 Å². The highest BCUT2D eigenvalue weighted by atomic mass is 16.5. The van der Waals surface area contributed by atoms with Crippen molar-refractivity contribution in [1.29, 1.82) is 0 Å². The van der Waals surface area contributed by atoms with Crippen molar-refractivity contribution in [2.24, 2.45) is 5.41 Å². The lowest BCUT2D eigenvalue weighted by Crippen LogP contribution is -2.53. The van der Waals surface area contributed by atoms with E-state index in [4.69, 9.17) is 4.74 Å². The Kier molecular flexibility index (Phi) is 3.48. The molecule has 0 aromatic heterocycles. The fourth-order valence-corrected chi connectivity index (χ4v) is 2.32. The van der Waals surface area contributed by atoms with Crippen LogP contribution in [0.1, 0.15) is 30.1 Å². The van der Waals surface area contributed by atoms with Gasteiger partial charge in [0.15, 0.2) is 5.78 Å². The van der Waals surface area contributed by atoms with Crippen molar-refractivity contribution in [3.63, 3.8) is 0 Å². The Hall–Kier alpha value is -1.68. The van der Waals surface area contributed by atoms with Crippen molar-refractivity contribution in [3.8, 4) is 0 Å². The Balaban J connectivity index is 2.26. The van der Waals surface area contributed by atoms with Crippen LogP contribution < -0.4 is 0 Å². The van der Waals surface area contributed by atoms with Gasteiger partial charge in [0, 0.05) is 5.56 Å². The molecule has 0 radical (unpaired) electrons. The first-order chi connectivity index (χ1) is 8.60. The molecule has 0 bridgehead atoms. The Morgan fingerprint density at radius 3 is 2.44 bits per heavy atom. The summed E-state index contributed by atoms with van der Waals surface area (Å²) in [5.74, 6) is -0.781. The number of benzene rings is 1. The van der Waals surface area contributed by atoms with Gasteiger partial charge in [-0.15, -0.1) is 0 Å². The maximum atomic E-state index is 12.4. The van der Waals surface area contributed by atoms with Gasteiger partial charge in [-0.25, -0.2) is 0 Å². The molecule has 4 nitrogen and oxygen atoms in total. The maximum Gasteiger partial charge on any atom is 0.320 e. The molecule has 1 aliphatic carbocycles. The number of carbonyl (C=O) groups excluding carboxylic acids is 2. The topological polar surface area (TPSA) is 63.6 Å². The molecule has 96 valence electrons. The first kappa shape index (κ1) is 12.8. The summed E-state index contributed by atoms with van der Waals surface area (Å²) in [6, 6.07) is 8.66. The number of Topliss-reactive ketones (excluding diaryl/α,β-unsaturated/α-hetero) is 1. The molecule has 1 saturated carbocycles. The predicted molar refractivity (Wildman–Crippen MR) is 65.1 cm³/mol. The number of ether oxygens (including phenoxy) is 1. The van der Waals surface area contributed by atoms with E-state index in [2.05, 4.69) is 0 Å². The summed E-state index contributed by atoms with van der Waals surface area (Å²) in [6.07, 6.45) is -0.291. The largest absolute Gasteiger partial charge is 0.465 e. The number of rotatable bonds is 4. The van der Waals surface area contributed by atoms with Crippen LogP contribution in [0.15, 0.2) is 30.3 Å². The molecular weight excluding hydrogens is 232 g/mol. The zero-order chi connectivity index (χ0) is 13.2. The van der Waals surface area contributed by atoms with E-state index in [1.807, 2.05) is 6.07 Å². The summed E-state index contributed by atoms with van der Waals surface area (Å²) in [5, 5.41) is 9.44. The second-order valence-electron chi connectivity index (χ2n) is 4.56. The number of ketones is 1. The molecule has 1 aromatic carbocycles. The van der Waals surface area contributed by atoms with Crippen LogP contribution in [0, 0.1) is 5.41 Å². The van der Waals surface area contributed by atoms with Crippen molar-refractivity contribution < 1.29 is 19.4 Å². The normalized spacial score (nSPS) is 26.2. The predicted octanol–water partition coefficient (Wildman–Crippen LogP) is 1.57. The van der Waals surface area contributed by atoms with E-state index in [9.17, 15) is 14.7 Å². The highest BCUT2D eigenvalue weighted by Crippen LogP contribution is 2.44. The minimum atomic E-state index is -1.18. The van der Waals surface area contributed by atoms with Crippen LogP contribution in [0.25, 0.3) is 0 Å². The van der Waals surface area contributed by atoms with E-state index < -0.39 is 17.5 Å². The quantitative estimate of drug-likeness (QED) is 0.499. The zero-order valence-electron chi connectivity index (χ0n) is 10.3. The Labute approximate surface area is 106 Å². The Morgan fingerprint density at radius 1 is 1.33 bits per heavy atom. The molecule has 1 aliphatic rings. The molecule has 0 aliphatic heterocycles. The van der Waals surface area contributed by atoms with Crippen LogP contribution in [-0.2, 0) is 9.53 Å². The molecule has 0 saturated heterocycles. The van der Waals surface area contributed by atoms with Gasteiger partial charge >= 0.3 is 5.97 Å². The monoisotopic (exact) mass is 248 g/mol. The number of aliphatic hydroxyl groups is 1. The number of hydrogen-bond donors (Lipinski definition) is 1. The minimum absolute atomic E-state index is 0.152. The van der Waals surface area contributed by atoms with Crippen molar-refractivity contribution in [3.05, 3.63) is 35.9 Å². The molecule has 0 heterocycles. The standard InChI is InChI=1S/C14H16O4/c1-2-18-13(17)14(8-11(15)9-14)12(16)10-6-4-3-5-7-10/h3-7,11,15H,2,8-9H2,1H3. The van der Waals surface area contributed by atoms with Gasteiger partial charge in [-0.2, -0.15) is 0 Å². The Bertz CT molecular complexity index is 446. The van der Waals surface area contributed by atoms with Crippen LogP contribution in [0.2, 0.25) is 0 Å². The van der Waals surface area contributed by atoms with Gasteiger partial charge in [0.05, 0.1) is 12.7 Å². The average Bonchev–Trinajstić information content (AvgIpc) is 2.35. The van der Waals surface area contributed by atoms with E-state index >= 15 is 0 Å². The summed E-state index contributed by atoms with van der Waals surface area (Å²) in [5.41, 5.74) is -0.700. The van der Waals surface area contributed by atoms with Gasteiger partial charge in [0.25, 0.3) is 0 Å². The third kappa shape index (κ3) is 2.04. The van der Waals surface area contributed by atoms with E-state index in [0.717, 1.165) is 0 Å². The van der Waals surface area contributed by atoms with Crippen LogP contribution in [0.3, 0.4) is 0 Å². The lowest BCUT2D eigenvalue weighted by atomic mass is 9.63. The van der Waals surface area contributed by atoms with Gasteiger partial charge in [-0.05, 0) is 19.8 Å². The van der Waals surface area contributed by atoms with Gasteiger partial charge in [-0.1, -0.05) is 30.3 Å². The third-order valence-electron chi connectivity index (χ3n) is 3.30. The smallest absolute Gasteiger partial charge is 0.320 e. The second-order valence-corrected chi connectivity index (χ2v) is 4.56. The molecule has 0 atom stereocenters. The van der Waals surface area contributed by atoms with Gasteiger partial charge in [-0.3, -0.25) is 9.59 Å². The number of esters is 1. The van der Waals surface area contributed by atoms with E-state index in [0.29, 0.717) is 5.56 Å². The maximum absolute atomic E-state index is 12.4. The molecule has 2 rings (SSSR count). The molecule has 1 aromatic rings. The fraction of sp³-hybridized carbons (Fsp3) is 0.429. The van der Waals surface area contributed by atoms with Crippen LogP contribution >= 0.6 is 0 Å². The third-order valence-corrected chi connectivity index (χ3v) is 3.30. The fourth-order valence-electron chi connectivity index (χ4n) is 2.32. The van der Waals surface area contributed by atoms with Gasteiger partial charge < -0.3 is 9.84 Å². The number of aliphatic hydroxyl groups excluding tert-OH is 1. The van der Waals surface area contributed by atoms with Gasteiger partial charge in [0.2, 0.25) is 0 Å². The lowest BCUT2D eigenvalue weighted by Gasteiger charge is -2.41. The summed E-state index contributed by atoms with van der Waals surface area (Å²) in [6.45, 7) is 1.94. The van der Waals surface area contributed by atoms with E-state index in [1.165, 1.54) is 0 Å². The first-order valence-corrected chi connectivity index (χ1v) is 6.05. The average molecular weight is 248 g/mol. The highest BCUT2D eigenvalue weighted by Gasteiger charge is 2.56. The SMILES string of the molecule is CCOC(=O)C1(C(=O)c2ccccc2)CC(O)C1. The zero-order valence-corrected chi connectivity index (χ0v) is 10.3. The molecule has 1 fully saturated rings. The molecule has 0 spiro atoms. The summed E-state index contributed by atoms with van der Waals surface area (Å²) >= 11 is 0. The summed E-state index contributed by atoms with van der Waals surface area (Å²) < 4.78 is 4.97. The van der Waals surface area contributed by atoms with Gasteiger partial charge in [0.1, 0.15) is 5.41 Å². The van der Waals surface area contributed by atoms with E-state index in [-0.39, 0.29) is 25.2 Å². The molecule has 0 unspecified atom stereocenters. The number of hydrogen-bond acceptors (Lipinski definition) is 4. The van der Waals surface area contributed by atoms with Crippen molar-refractivity contribution in [2.75, 3.05) is 6.61 Å². The Morgan fingerprint density at radius 2 is 1.94 bits per heavy atom. The molecule has 0 amide bonds. The summed E-state index contributed by atoms with van der Waals surface area (Å²) in [7, 11) is 0. The van der Waals surface area contributed by atoms with Crippen molar-refractivity contribution in [2.45, 2.75) is 25.9 Å². The summed E-state index contributed by atoms with van der Waals surface area (Å²) in [4.78, 5) is 24.4. The van der Waals surface area contributed by atoms with Crippen molar-refractivity contribution in [1.82, 2.24) is 0 Å². The molecule has 18 heavy (non-hydrogen) atoms. The number of carbonyl (C=O) groups is 2. The van der Waals surface area contributed by atoms with Crippen LogP contribution in [-0.4, -0.2) is 29.6 Å². The van der Waals surface area contributed by atoms with E-state index in [1.54, 1.807) is 31.2 Å². The first-order valence-electron chi connectivity index (χ1n) is 6.05. The molecule has 1 N–H and O–H groups in total.